The first-order valence-electron chi connectivity index (χ1n) is 5.74. The Bertz CT molecular complexity index is 498. The third-order valence-corrected chi connectivity index (χ3v) is 3.49. The van der Waals surface area contributed by atoms with Gasteiger partial charge in [-0.25, -0.2) is 4.98 Å². The number of aromatic nitrogens is 4. The molecule has 0 saturated heterocycles. The van der Waals surface area contributed by atoms with Crippen molar-refractivity contribution in [2.75, 3.05) is 0 Å². The molecule has 2 aromatic rings. The lowest BCUT2D eigenvalue weighted by molar-refractivity contribution is 0.302. The molecule has 5 heteroatoms. The van der Waals surface area contributed by atoms with E-state index in [-0.39, 0.29) is 5.54 Å². The van der Waals surface area contributed by atoms with Crippen LogP contribution in [0.25, 0.3) is 11.2 Å². The number of aromatic amines is 1. The van der Waals surface area contributed by atoms with Crippen molar-refractivity contribution in [3.05, 3.63) is 17.8 Å². The number of hydrogen-bond acceptors (Lipinski definition) is 4. The SMILES string of the molecule is NC1(c2cnc3n[nH]nc3c2)CCCCC1. The standard InChI is InChI=1S/C11H15N5/c12-11(4-2-1-3-5-11)8-6-9-10(13-7-8)15-16-14-9/h6-7H,1-5,12H2,(H,13,14,15,16). The molecule has 0 amide bonds. The zero-order chi connectivity index (χ0) is 11.0. The van der Waals surface area contributed by atoms with E-state index in [9.17, 15) is 0 Å². The van der Waals surface area contributed by atoms with Gasteiger partial charge in [0.15, 0.2) is 0 Å². The van der Waals surface area contributed by atoms with Gasteiger partial charge in [-0.1, -0.05) is 19.3 Å². The number of nitrogens with two attached hydrogens (primary N) is 1. The maximum atomic E-state index is 6.44. The van der Waals surface area contributed by atoms with E-state index >= 15 is 0 Å². The van der Waals surface area contributed by atoms with Crippen LogP contribution in [-0.2, 0) is 5.54 Å². The molecule has 0 radical (unpaired) electrons. The van der Waals surface area contributed by atoms with Crippen molar-refractivity contribution in [1.82, 2.24) is 20.4 Å². The third-order valence-electron chi connectivity index (χ3n) is 3.49. The predicted molar refractivity (Wildman–Crippen MR) is 60.6 cm³/mol. The van der Waals surface area contributed by atoms with Gasteiger partial charge in [0.05, 0.1) is 0 Å². The fourth-order valence-electron chi connectivity index (χ4n) is 2.48. The van der Waals surface area contributed by atoms with Crippen LogP contribution in [-0.4, -0.2) is 20.4 Å². The first kappa shape index (κ1) is 9.72. The average Bonchev–Trinajstić information content (AvgIpc) is 2.77. The smallest absolute Gasteiger partial charge is 0.201 e. The number of nitrogens with zero attached hydrogens (tertiary/aromatic N) is 3. The minimum Gasteiger partial charge on any atom is -0.321 e. The first-order valence-corrected chi connectivity index (χ1v) is 5.74. The molecule has 0 bridgehead atoms. The van der Waals surface area contributed by atoms with E-state index in [1.54, 1.807) is 0 Å². The quantitative estimate of drug-likeness (QED) is 0.758. The zero-order valence-corrected chi connectivity index (χ0v) is 9.11. The van der Waals surface area contributed by atoms with Crippen LogP contribution in [0.3, 0.4) is 0 Å². The second-order valence-electron chi connectivity index (χ2n) is 4.61. The van der Waals surface area contributed by atoms with Gasteiger partial charge in [0.25, 0.3) is 0 Å². The van der Waals surface area contributed by atoms with Crippen molar-refractivity contribution < 1.29 is 0 Å². The number of hydrogen-bond donors (Lipinski definition) is 2. The summed E-state index contributed by atoms with van der Waals surface area (Å²) in [7, 11) is 0. The molecule has 0 unspecified atom stereocenters. The summed E-state index contributed by atoms with van der Waals surface area (Å²) in [5.74, 6) is 0. The summed E-state index contributed by atoms with van der Waals surface area (Å²) in [6, 6.07) is 2.01. The molecule has 5 nitrogen and oxygen atoms in total. The van der Waals surface area contributed by atoms with Crippen molar-refractivity contribution >= 4 is 11.2 Å². The number of pyridine rings is 1. The van der Waals surface area contributed by atoms with Crippen LogP contribution < -0.4 is 5.73 Å². The fraction of sp³-hybridized carbons (Fsp3) is 0.545. The Labute approximate surface area is 93.4 Å². The highest BCUT2D eigenvalue weighted by molar-refractivity contribution is 5.69. The maximum absolute atomic E-state index is 6.44. The second kappa shape index (κ2) is 3.52. The second-order valence-corrected chi connectivity index (χ2v) is 4.61. The van der Waals surface area contributed by atoms with Crippen molar-refractivity contribution in [3.63, 3.8) is 0 Å². The van der Waals surface area contributed by atoms with Gasteiger partial charge in [0.1, 0.15) is 5.52 Å². The topological polar surface area (TPSA) is 80.5 Å². The van der Waals surface area contributed by atoms with Gasteiger partial charge in [-0.2, -0.15) is 10.3 Å². The van der Waals surface area contributed by atoms with Crippen molar-refractivity contribution in [1.29, 1.82) is 0 Å². The van der Waals surface area contributed by atoms with Crippen LogP contribution in [0, 0.1) is 0 Å². The molecule has 1 saturated carbocycles. The molecule has 1 aliphatic rings. The average molecular weight is 217 g/mol. The van der Waals surface area contributed by atoms with Crippen LogP contribution in [0.2, 0.25) is 0 Å². The molecule has 16 heavy (non-hydrogen) atoms. The summed E-state index contributed by atoms with van der Waals surface area (Å²) in [5.41, 5.74) is 8.78. The largest absolute Gasteiger partial charge is 0.321 e. The van der Waals surface area contributed by atoms with Crippen LogP contribution in [0.5, 0.6) is 0 Å². The normalized spacial score (nSPS) is 20.1. The Kier molecular flexibility index (Phi) is 2.14. The van der Waals surface area contributed by atoms with Crippen molar-refractivity contribution in [3.8, 4) is 0 Å². The molecule has 0 aliphatic heterocycles. The van der Waals surface area contributed by atoms with E-state index in [0.29, 0.717) is 5.65 Å². The number of H-pyrrole nitrogens is 1. The van der Waals surface area contributed by atoms with Gasteiger partial charge in [0, 0.05) is 11.7 Å². The first-order chi connectivity index (χ1) is 7.78. The highest BCUT2D eigenvalue weighted by atomic mass is 15.3. The third kappa shape index (κ3) is 1.48. The molecule has 0 atom stereocenters. The van der Waals surface area contributed by atoms with E-state index < -0.39 is 0 Å². The monoisotopic (exact) mass is 217 g/mol. The minimum absolute atomic E-state index is 0.210. The number of rotatable bonds is 1. The van der Waals surface area contributed by atoms with E-state index in [1.807, 2.05) is 12.3 Å². The van der Waals surface area contributed by atoms with Crippen molar-refractivity contribution in [2.24, 2.45) is 5.73 Å². The number of nitrogens with one attached hydrogen (secondary N) is 1. The summed E-state index contributed by atoms with van der Waals surface area (Å²) in [6.45, 7) is 0. The Morgan fingerprint density at radius 2 is 2.00 bits per heavy atom. The summed E-state index contributed by atoms with van der Waals surface area (Å²) >= 11 is 0. The fourth-order valence-corrected chi connectivity index (χ4v) is 2.48. The van der Waals surface area contributed by atoms with Crippen LogP contribution >= 0.6 is 0 Å². The van der Waals surface area contributed by atoms with Gasteiger partial charge >= 0.3 is 0 Å². The lowest BCUT2D eigenvalue weighted by Gasteiger charge is -2.33. The molecule has 84 valence electrons. The lowest BCUT2D eigenvalue weighted by atomic mass is 9.78. The van der Waals surface area contributed by atoms with E-state index in [0.717, 1.165) is 23.9 Å². The Morgan fingerprint density at radius 1 is 1.19 bits per heavy atom. The highest BCUT2D eigenvalue weighted by Crippen LogP contribution is 2.34. The Balaban J connectivity index is 2.03. The maximum Gasteiger partial charge on any atom is 0.201 e. The minimum atomic E-state index is -0.210. The molecule has 1 fully saturated rings. The number of fused-ring (bicyclic) bond motifs is 1. The van der Waals surface area contributed by atoms with E-state index in [2.05, 4.69) is 20.4 Å². The van der Waals surface area contributed by atoms with Gasteiger partial charge < -0.3 is 5.73 Å². The summed E-state index contributed by atoms with van der Waals surface area (Å²) < 4.78 is 0. The summed E-state index contributed by atoms with van der Waals surface area (Å²) in [6.07, 6.45) is 7.62. The molecular formula is C11H15N5. The molecule has 2 aromatic heterocycles. The van der Waals surface area contributed by atoms with Gasteiger partial charge in [-0.3, -0.25) is 0 Å². The van der Waals surface area contributed by atoms with Gasteiger partial charge in [-0.15, -0.1) is 5.10 Å². The predicted octanol–water partition coefficient (Wildman–Crippen LogP) is 1.47. The summed E-state index contributed by atoms with van der Waals surface area (Å²) in [4.78, 5) is 4.28. The Morgan fingerprint density at radius 3 is 2.81 bits per heavy atom. The van der Waals surface area contributed by atoms with Crippen LogP contribution in [0.15, 0.2) is 12.3 Å². The molecular weight excluding hydrogens is 202 g/mol. The molecule has 0 spiro atoms. The van der Waals surface area contributed by atoms with Crippen LogP contribution in [0.1, 0.15) is 37.7 Å². The van der Waals surface area contributed by atoms with Crippen LogP contribution in [0.4, 0.5) is 0 Å². The molecule has 0 aromatic carbocycles. The zero-order valence-electron chi connectivity index (χ0n) is 9.11. The van der Waals surface area contributed by atoms with E-state index in [1.165, 1.54) is 19.3 Å². The molecule has 1 aliphatic carbocycles. The molecule has 3 rings (SSSR count). The molecule has 2 heterocycles. The summed E-state index contributed by atoms with van der Waals surface area (Å²) in [5, 5.41) is 10.6. The highest BCUT2D eigenvalue weighted by Gasteiger charge is 2.30. The lowest BCUT2D eigenvalue weighted by Crippen LogP contribution is -2.38. The van der Waals surface area contributed by atoms with Gasteiger partial charge in [0.2, 0.25) is 5.65 Å². The van der Waals surface area contributed by atoms with E-state index in [4.69, 9.17) is 5.73 Å². The molecule has 3 N–H and O–H groups in total. The van der Waals surface area contributed by atoms with Crippen molar-refractivity contribution in [2.45, 2.75) is 37.6 Å². The Hall–Kier alpha value is -1.49. The van der Waals surface area contributed by atoms with Gasteiger partial charge in [-0.05, 0) is 24.5 Å².